The van der Waals surface area contributed by atoms with Gasteiger partial charge in [-0.05, 0) is 25.8 Å². The lowest BCUT2D eigenvalue weighted by molar-refractivity contribution is -0.481. The minimum atomic E-state index is -0.884. The zero-order valence-electron chi connectivity index (χ0n) is 15.0. The fourth-order valence-corrected chi connectivity index (χ4v) is 3.38. The summed E-state index contributed by atoms with van der Waals surface area (Å²) in [4.78, 5) is 45.7. The number of nitro groups is 2. The van der Waals surface area contributed by atoms with Crippen molar-refractivity contribution in [3.8, 4) is 0 Å². The number of nitrogens with zero attached hydrogens (tertiary/aromatic N) is 2. The number of esters is 1. The van der Waals surface area contributed by atoms with Crippen molar-refractivity contribution in [3.05, 3.63) is 61.2 Å². The molecule has 2 atom stereocenters. The van der Waals surface area contributed by atoms with Crippen molar-refractivity contribution >= 4 is 17.4 Å². The van der Waals surface area contributed by atoms with Crippen molar-refractivity contribution in [1.29, 1.82) is 0 Å². The van der Waals surface area contributed by atoms with E-state index in [-0.39, 0.29) is 30.1 Å². The molecule has 0 saturated carbocycles. The molecule has 27 heavy (non-hydrogen) atoms. The van der Waals surface area contributed by atoms with Crippen LogP contribution in [0, 0.1) is 26.1 Å². The second-order valence-corrected chi connectivity index (χ2v) is 6.28. The normalized spacial score (nSPS) is 18.1. The summed E-state index contributed by atoms with van der Waals surface area (Å²) in [6.07, 6.45) is 0.399. The number of ketones is 1. The largest absolute Gasteiger partial charge is 0.466 e. The Morgan fingerprint density at radius 1 is 1.26 bits per heavy atom. The molecule has 2 rings (SSSR count). The SMILES string of the molecule is CCOC(=O)[C@H]1CCC(=O)C([C@@H](C[N+](=O)[O-])c2ccc([N+](=O)[O-])cc2)=C1C. The van der Waals surface area contributed by atoms with Gasteiger partial charge in [-0.25, -0.2) is 0 Å². The molecule has 0 heterocycles. The zero-order valence-corrected chi connectivity index (χ0v) is 15.0. The minimum absolute atomic E-state index is 0.0946. The molecule has 9 nitrogen and oxygen atoms in total. The molecule has 0 unspecified atom stereocenters. The van der Waals surface area contributed by atoms with Gasteiger partial charge in [0.1, 0.15) is 0 Å². The number of ether oxygens (including phenoxy) is 1. The highest BCUT2D eigenvalue weighted by atomic mass is 16.6. The zero-order chi connectivity index (χ0) is 20.1. The number of carbonyl (C=O) groups is 2. The molecule has 0 aromatic heterocycles. The van der Waals surface area contributed by atoms with Crippen LogP contribution < -0.4 is 0 Å². The first-order valence-corrected chi connectivity index (χ1v) is 8.52. The van der Waals surface area contributed by atoms with Crippen molar-refractivity contribution < 1.29 is 24.2 Å². The second-order valence-electron chi connectivity index (χ2n) is 6.28. The van der Waals surface area contributed by atoms with Gasteiger partial charge >= 0.3 is 5.97 Å². The van der Waals surface area contributed by atoms with Gasteiger partial charge in [0, 0.05) is 29.0 Å². The standard InChI is InChI=1S/C18H20N2O7/c1-3-27-18(22)14-8-9-16(21)17(11(14)2)15(10-19(23)24)12-4-6-13(7-5-12)20(25)26/h4-7,14-15H,3,8-10H2,1-2H3/t14-,15-/m0/s1. The minimum Gasteiger partial charge on any atom is -0.466 e. The maximum absolute atomic E-state index is 12.6. The van der Waals surface area contributed by atoms with Gasteiger partial charge in [-0.3, -0.25) is 29.8 Å². The quantitative estimate of drug-likeness (QED) is 0.406. The van der Waals surface area contributed by atoms with E-state index in [0.29, 0.717) is 17.6 Å². The Balaban J connectivity index is 2.50. The lowest BCUT2D eigenvalue weighted by atomic mass is 9.75. The molecule has 0 aliphatic heterocycles. The van der Waals surface area contributed by atoms with E-state index in [2.05, 4.69) is 0 Å². The Morgan fingerprint density at radius 3 is 2.41 bits per heavy atom. The molecule has 1 aliphatic rings. The fourth-order valence-electron chi connectivity index (χ4n) is 3.38. The van der Waals surface area contributed by atoms with E-state index in [9.17, 15) is 29.8 Å². The third-order valence-electron chi connectivity index (χ3n) is 4.67. The average molecular weight is 376 g/mol. The van der Waals surface area contributed by atoms with Crippen LogP contribution in [0.1, 0.15) is 38.2 Å². The predicted molar refractivity (Wildman–Crippen MR) is 94.8 cm³/mol. The molecule has 0 fully saturated rings. The average Bonchev–Trinajstić information content (AvgIpc) is 2.60. The Morgan fingerprint density at radius 2 is 1.89 bits per heavy atom. The van der Waals surface area contributed by atoms with Gasteiger partial charge in [-0.15, -0.1) is 0 Å². The van der Waals surface area contributed by atoms with Crippen LogP contribution in [0.15, 0.2) is 35.4 Å². The van der Waals surface area contributed by atoms with Gasteiger partial charge in [0.2, 0.25) is 6.54 Å². The van der Waals surface area contributed by atoms with Crippen molar-refractivity contribution in [2.45, 2.75) is 32.6 Å². The molecule has 0 N–H and O–H groups in total. The highest BCUT2D eigenvalue weighted by molar-refractivity contribution is 6.00. The maximum atomic E-state index is 12.6. The van der Waals surface area contributed by atoms with Crippen LogP contribution in [0.5, 0.6) is 0 Å². The van der Waals surface area contributed by atoms with Crippen LogP contribution >= 0.6 is 0 Å². The molecule has 0 amide bonds. The predicted octanol–water partition coefficient (Wildman–Crippen LogP) is 2.81. The number of carbonyl (C=O) groups excluding carboxylic acids is 2. The Hall–Kier alpha value is -3.10. The molecule has 0 radical (unpaired) electrons. The molecule has 1 aliphatic carbocycles. The van der Waals surface area contributed by atoms with Gasteiger partial charge in [0.25, 0.3) is 5.69 Å². The number of nitro benzene ring substituents is 1. The van der Waals surface area contributed by atoms with Crippen LogP contribution in [-0.2, 0) is 14.3 Å². The first kappa shape index (κ1) is 20.2. The van der Waals surface area contributed by atoms with Crippen molar-refractivity contribution in [2.24, 2.45) is 5.92 Å². The maximum Gasteiger partial charge on any atom is 0.313 e. The van der Waals surface area contributed by atoms with E-state index >= 15 is 0 Å². The van der Waals surface area contributed by atoms with Gasteiger partial charge in [0.05, 0.1) is 23.4 Å². The number of hydrogen-bond donors (Lipinski definition) is 0. The Kier molecular flexibility index (Phi) is 6.38. The highest BCUT2D eigenvalue weighted by Gasteiger charge is 2.37. The molecule has 0 bridgehead atoms. The summed E-state index contributed by atoms with van der Waals surface area (Å²) in [5.41, 5.74) is 0.966. The summed E-state index contributed by atoms with van der Waals surface area (Å²) in [6.45, 7) is 2.95. The summed E-state index contributed by atoms with van der Waals surface area (Å²) in [7, 11) is 0. The molecular weight excluding hydrogens is 356 g/mol. The number of non-ortho nitro benzene ring substituents is 1. The third-order valence-corrected chi connectivity index (χ3v) is 4.67. The fraction of sp³-hybridized carbons (Fsp3) is 0.444. The molecule has 1 aromatic carbocycles. The van der Waals surface area contributed by atoms with E-state index < -0.39 is 34.2 Å². The topological polar surface area (TPSA) is 130 Å². The van der Waals surface area contributed by atoms with Crippen LogP contribution in [0.25, 0.3) is 0 Å². The van der Waals surface area contributed by atoms with Gasteiger partial charge < -0.3 is 4.74 Å². The van der Waals surface area contributed by atoms with E-state index in [0.717, 1.165) is 0 Å². The lowest BCUT2D eigenvalue weighted by Crippen LogP contribution is -2.30. The van der Waals surface area contributed by atoms with E-state index in [4.69, 9.17) is 4.74 Å². The summed E-state index contributed by atoms with van der Waals surface area (Å²) in [6, 6.07) is 5.31. The molecule has 1 aromatic rings. The number of Topliss-reactive ketones (excluding diaryl/α,β-unsaturated/α-hetero) is 1. The third kappa shape index (κ3) is 4.55. The van der Waals surface area contributed by atoms with Crippen LogP contribution in [0.4, 0.5) is 5.69 Å². The summed E-state index contributed by atoms with van der Waals surface area (Å²) in [5, 5.41) is 22.0. The number of hydrogen-bond acceptors (Lipinski definition) is 7. The first-order valence-electron chi connectivity index (χ1n) is 8.52. The highest BCUT2D eigenvalue weighted by Crippen LogP contribution is 2.37. The lowest BCUT2D eigenvalue weighted by Gasteiger charge is -2.28. The molecule has 0 spiro atoms. The second kappa shape index (κ2) is 8.52. The van der Waals surface area contributed by atoms with Crippen molar-refractivity contribution in [3.63, 3.8) is 0 Å². The van der Waals surface area contributed by atoms with E-state index in [1.54, 1.807) is 13.8 Å². The number of benzene rings is 1. The van der Waals surface area contributed by atoms with E-state index in [1.807, 2.05) is 0 Å². The first-order chi connectivity index (χ1) is 12.8. The molecular formula is C18H20N2O7. The molecule has 9 heteroatoms. The summed E-state index contributed by atoms with van der Waals surface area (Å²) < 4.78 is 5.05. The summed E-state index contributed by atoms with van der Waals surface area (Å²) in [5.74, 6) is -2.21. The number of rotatable bonds is 7. The monoisotopic (exact) mass is 376 g/mol. The van der Waals surface area contributed by atoms with Gasteiger partial charge in [0.15, 0.2) is 5.78 Å². The Bertz CT molecular complexity index is 798. The summed E-state index contributed by atoms with van der Waals surface area (Å²) >= 11 is 0. The Labute approximate surface area is 155 Å². The van der Waals surface area contributed by atoms with Crippen LogP contribution in [0.3, 0.4) is 0 Å². The molecule has 0 saturated heterocycles. The molecule has 144 valence electrons. The van der Waals surface area contributed by atoms with Crippen LogP contribution in [0.2, 0.25) is 0 Å². The van der Waals surface area contributed by atoms with Gasteiger partial charge in [-0.1, -0.05) is 17.7 Å². The van der Waals surface area contributed by atoms with Crippen LogP contribution in [-0.4, -0.2) is 34.8 Å². The van der Waals surface area contributed by atoms with E-state index in [1.165, 1.54) is 24.3 Å². The van der Waals surface area contributed by atoms with Gasteiger partial charge in [-0.2, -0.15) is 0 Å². The van der Waals surface area contributed by atoms with Crippen molar-refractivity contribution in [2.75, 3.05) is 13.2 Å². The van der Waals surface area contributed by atoms with Crippen molar-refractivity contribution in [1.82, 2.24) is 0 Å². The smallest absolute Gasteiger partial charge is 0.313 e.